The average molecular weight is 496 g/mol. The lowest BCUT2D eigenvalue weighted by Gasteiger charge is -2.42. The van der Waals surface area contributed by atoms with Crippen LogP contribution in [0.15, 0.2) is 42.6 Å². The van der Waals surface area contributed by atoms with Gasteiger partial charge in [-0.15, -0.1) is 0 Å². The second kappa shape index (κ2) is 11.6. The molecule has 2 aromatic rings. The third-order valence-corrected chi connectivity index (χ3v) is 7.34. The Kier molecular flexibility index (Phi) is 8.74. The van der Waals surface area contributed by atoms with Crippen LogP contribution in [0, 0.1) is 5.92 Å². The second-order valence-electron chi connectivity index (χ2n) is 9.70. The summed E-state index contributed by atoms with van der Waals surface area (Å²) in [5.74, 6) is -2.30. The van der Waals surface area contributed by atoms with Gasteiger partial charge < -0.3 is 20.1 Å². The Hall–Kier alpha value is -3.39. The van der Waals surface area contributed by atoms with Crippen LogP contribution in [0.3, 0.4) is 0 Å². The number of likely N-dealkylation sites (N-methyl/N-ethyl adjacent to an activating group) is 1. The first-order chi connectivity index (χ1) is 17.1. The first kappa shape index (κ1) is 27.2. The molecule has 1 aromatic heterocycles. The zero-order valence-corrected chi connectivity index (χ0v) is 21.7. The van der Waals surface area contributed by atoms with Gasteiger partial charge in [0.1, 0.15) is 0 Å². The van der Waals surface area contributed by atoms with E-state index in [2.05, 4.69) is 80.0 Å². The zero-order valence-electron chi connectivity index (χ0n) is 21.7. The Labute approximate surface area is 212 Å². The Morgan fingerprint density at radius 3 is 2.28 bits per heavy atom. The van der Waals surface area contributed by atoms with Gasteiger partial charge in [0.25, 0.3) is 0 Å². The molecule has 1 aliphatic carbocycles. The van der Waals surface area contributed by atoms with Gasteiger partial charge in [-0.1, -0.05) is 32.1 Å². The standard InChI is InChI=1S/C24H33N3O.C4H4O4/c1-6-15(3)27(16(4)7-2)24(28)18-11-20-19-9-8-10-21-23(19)17(13-25-21)12-22(20)26(5)14-18;5-3(6)1-2-4(7)8/h8-11,13,15-16,18,22,25H,6-7,12,14H2,1-5H3;1-2H,(H,5,6)(H,7,8)/b;2-1+. The van der Waals surface area contributed by atoms with Crippen LogP contribution in [0.4, 0.5) is 0 Å². The monoisotopic (exact) mass is 495 g/mol. The molecule has 0 fully saturated rings. The lowest BCUT2D eigenvalue weighted by molar-refractivity contribution is -0.139. The van der Waals surface area contributed by atoms with Crippen LogP contribution >= 0.6 is 0 Å². The minimum Gasteiger partial charge on any atom is -0.478 e. The fourth-order valence-corrected chi connectivity index (χ4v) is 5.20. The SMILES string of the molecule is CCC(C)N(C(=O)C1C=C2c3cccc4[nH]cc(c34)CC2N(C)C1)C(C)CC.O=C(O)/C=C/C(=O)O. The maximum Gasteiger partial charge on any atom is 0.328 e. The van der Waals surface area contributed by atoms with Gasteiger partial charge in [0.05, 0.1) is 5.92 Å². The van der Waals surface area contributed by atoms with E-state index in [1.165, 1.54) is 27.6 Å². The highest BCUT2D eigenvalue weighted by molar-refractivity contribution is 5.99. The topological polar surface area (TPSA) is 114 Å². The molecule has 1 aromatic carbocycles. The molecular weight excluding hydrogens is 458 g/mol. The number of carbonyl (C=O) groups is 3. The minimum atomic E-state index is -1.26. The van der Waals surface area contributed by atoms with Crippen LogP contribution in [0.1, 0.15) is 51.7 Å². The molecule has 36 heavy (non-hydrogen) atoms. The molecule has 2 aliphatic rings. The fraction of sp³-hybridized carbons (Fsp3) is 0.464. The molecule has 4 unspecified atom stereocenters. The molecule has 194 valence electrons. The third-order valence-electron chi connectivity index (χ3n) is 7.34. The number of amides is 1. The highest BCUT2D eigenvalue weighted by atomic mass is 16.4. The van der Waals surface area contributed by atoms with Gasteiger partial charge in [-0.3, -0.25) is 9.69 Å². The summed E-state index contributed by atoms with van der Waals surface area (Å²) in [5.41, 5.74) is 5.22. The predicted octanol–water partition coefficient (Wildman–Crippen LogP) is 4.18. The smallest absolute Gasteiger partial charge is 0.328 e. The first-order valence-corrected chi connectivity index (χ1v) is 12.6. The number of aromatic amines is 1. The van der Waals surface area contributed by atoms with Gasteiger partial charge in [0.15, 0.2) is 0 Å². The van der Waals surface area contributed by atoms with E-state index in [4.69, 9.17) is 10.2 Å². The number of fused-ring (bicyclic) bond motifs is 2. The number of benzene rings is 1. The molecule has 1 aliphatic heterocycles. The summed E-state index contributed by atoms with van der Waals surface area (Å²) in [6, 6.07) is 7.39. The molecule has 8 nitrogen and oxygen atoms in total. The van der Waals surface area contributed by atoms with Gasteiger partial charge in [-0.25, -0.2) is 9.59 Å². The third kappa shape index (κ3) is 5.70. The van der Waals surface area contributed by atoms with E-state index in [1.54, 1.807) is 0 Å². The number of hydrogen-bond acceptors (Lipinski definition) is 4. The molecule has 0 saturated carbocycles. The van der Waals surface area contributed by atoms with Gasteiger partial charge in [0, 0.05) is 53.9 Å². The highest BCUT2D eigenvalue weighted by Crippen LogP contribution is 2.41. The fourth-order valence-electron chi connectivity index (χ4n) is 5.20. The van der Waals surface area contributed by atoms with Crippen LogP contribution in [0.25, 0.3) is 16.5 Å². The second-order valence-corrected chi connectivity index (χ2v) is 9.70. The molecule has 2 heterocycles. The number of carboxylic acid groups (broad SMARTS) is 2. The van der Waals surface area contributed by atoms with Gasteiger partial charge in [0.2, 0.25) is 5.91 Å². The molecule has 4 rings (SSSR count). The highest BCUT2D eigenvalue weighted by Gasteiger charge is 2.38. The first-order valence-electron chi connectivity index (χ1n) is 12.6. The number of carboxylic acids is 2. The number of carbonyl (C=O) groups excluding carboxylic acids is 1. The number of H-pyrrole nitrogens is 1. The van der Waals surface area contributed by atoms with E-state index in [0.717, 1.165) is 25.8 Å². The maximum absolute atomic E-state index is 13.6. The Morgan fingerprint density at radius 1 is 1.11 bits per heavy atom. The molecule has 3 N–H and O–H groups in total. The van der Waals surface area contributed by atoms with Crippen LogP contribution in [-0.4, -0.2) is 74.6 Å². The van der Waals surface area contributed by atoms with Crippen molar-refractivity contribution in [1.29, 1.82) is 0 Å². The van der Waals surface area contributed by atoms with E-state index in [1.807, 2.05) is 0 Å². The molecule has 1 amide bonds. The molecule has 0 bridgehead atoms. The van der Waals surface area contributed by atoms with Crippen molar-refractivity contribution < 1.29 is 24.6 Å². The summed E-state index contributed by atoms with van der Waals surface area (Å²) in [4.78, 5) is 40.7. The predicted molar refractivity (Wildman–Crippen MR) is 141 cm³/mol. The number of aliphatic carboxylic acids is 2. The van der Waals surface area contributed by atoms with E-state index < -0.39 is 11.9 Å². The van der Waals surface area contributed by atoms with E-state index in [-0.39, 0.29) is 23.9 Å². The summed E-state index contributed by atoms with van der Waals surface area (Å²) >= 11 is 0. The molecule has 8 heteroatoms. The summed E-state index contributed by atoms with van der Waals surface area (Å²) in [7, 11) is 2.17. The molecule has 0 saturated heterocycles. The van der Waals surface area contributed by atoms with Crippen LogP contribution in [0.2, 0.25) is 0 Å². The van der Waals surface area contributed by atoms with Crippen molar-refractivity contribution in [2.75, 3.05) is 13.6 Å². The van der Waals surface area contributed by atoms with Gasteiger partial charge in [-0.2, -0.15) is 0 Å². The van der Waals surface area contributed by atoms with Crippen molar-refractivity contribution in [2.45, 2.75) is 65.1 Å². The van der Waals surface area contributed by atoms with Crippen molar-refractivity contribution in [3.8, 4) is 0 Å². The van der Waals surface area contributed by atoms with Crippen molar-refractivity contribution in [3.63, 3.8) is 0 Å². The normalized spacial score (nSPS) is 20.6. The van der Waals surface area contributed by atoms with Crippen LogP contribution in [0.5, 0.6) is 0 Å². The van der Waals surface area contributed by atoms with Gasteiger partial charge >= 0.3 is 11.9 Å². The summed E-state index contributed by atoms with van der Waals surface area (Å²) in [5, 5.41) is 17.0. The van der Waals surface area contributed by atoms with Crippen LogP contribution in [-0.2, 0) is 20.8 Å². The number of hydrogen-bond donors (Lipinski definition) is 3. The lowest BCUT2D eigenvalue weighted by atomic mass is 9.79. The number of rotatable bonds is 7. The largest absolute Gasteiger partial charge is 0.478 e. The number of nitrogens with zero attached hydrogens (tertiary/aromatic N) is 2. The number of aromatic nitrogens is 1. The molecule has 0 radical (unpaired) electrons. The van der Waals surface area contributed by atoms with Crippen molar-refractivity contribution in [1.82, 2.24) is 14.8 Å². The number of nitrogens with one attached hydrogen (secondary N) is 1. The van der Waals surface area contributed by atoms with Crippen molar-refractivity contribution in [2.24, 2.45) is 5.92 Å². The van der Waals surface area contributed by atoms with Crippen molar-refractivity contribution >= 4 is 34.3 Å². The Morgan fingerprint density at radius 2 is 1.72 bits per heavy atom. The summed E-state index contributed by atoms with van der Waals surface area (Å²) < 4.78 is 0. The molecular formula is C28H37N3O5. The minimum absolute atomic E-state index is 0.0741. The summed E-state index contributed by atoms with van der Waals surface area (Å²) in [6.45, 7) is 9.50. The van der Waals surface area contributed by atoms with E-state index >= 15 is 0 Å². The Balaban J connectivity index is 0.000000392. The maximum atomic E-state index is 13.6. The van der Waals surface area contributed by atoms with Gasteiger partial charge in [-0.05, 0) is 62.9 Å². The van der Waals surface area contributed by atoms with Crippen LogP contribution < -0.4 is 0 Å². The van der Waals surface area contributed by atoms with Crippen molar-refractivity contribution in [3.05, 3.63) is 53.8 Å². The average Bonchev–Trinajstić information content (AvgIpc) is 3.27. The molecule has 0 spiro atoms. The van der Waals surface area contributed by atoms with E-state index in [9.17, 15) is 14.4 Å². The summed E-state index contributed by atoms with van der Waals surface area (Å²) in [6.07, 6.45) is 8.55. The van der Waals surface area contributed by atoms with E-state index in [0.29, 0.717) is 18.2 Å². The Bertz CT molecular complexity index is 1160. The quantitative estimate of drug-likeness (QED) is 0.497. The lowest BCUT2D eigenvalue weighted by Crippen LogP contribution is -2.51. The zero-order chi connectivity index (χ0) is 26.6. The molecule has 4 atom stereocenters.